The minimum Gasteiger partial charge on any atom is -0.496 e. The number of amides is 1. The van der Waals surface area contributed by atoms with Crippen LogP contribution in [0.1, 0.15) is 29.2 Å². The zero-order chi connectivity index (χ0) is 19.1. The highest BCUT2D eigenvalue weighted by Gasteiger charge is 2.18. The second-order valence-corrected chi connectivity index (χ2v) is 6.85. The molecule has 1 amide bonds. The van der Waals surface area contributed by atoms with Gasteiger partial charge in [-0.2, -0.15) is 0 Å². The second kappa shape index (κ2) is 9.29. The van der Waals surface area contributed by atoms with E-state index in [2.05, 4.69) is 5.32 Å². The minimum absolute atomic E-state index is 0.162. The Kier molecular flexibility index (Phi) is 7.09. The quantitative estimate of drug-likeness (QED) is 0.692. The number of thioether (sulfide) groups is 1. The fourth-order valence-electron chi connectivity index (χ4n) is 2.67. The number of carbonyl (C=O) groups is 2. The van der Waals surface area contributed by atoms with Crippen LogP contribution in [-0.2, 0) is 16.0 Å². The van der Waals surface area contributed by atoms with Gasteiger partial charge in [0.15, 0.2) is 0 Å². The van der Waals surface area contributed by atoms with Gasteiger partial charge in [0.1, 0.15) is 5.75 Å². The van der Waals surface area contributed by atoms with E-state index in [-0.39, 0.29) is 18.7 Å². The van der Waals surface area contributed by atoms with Crippen molar-refractivity contribution in [3.8, 4) is 5.75 Å². The van der Waals surface area contributed by atoms with Crippen molar-refractivity contribution in [2.24, 2.45) is 0 Å². The first-order valence-corrected chi connectivity index (χ1v) is 9.44. The van der Waals surface area contributed by atoms with Crippen molar-refractivity contribution >= 4 is 23.6 Å². The third kappa shape index (κ3) is 5.52. The van der Waals surface area contributed by atoms with E-state index in [0.717, 1.165) is 27.3 Å². The average Bonchev–Trinajstić information content (AvgIpc) is 2.62. The Balaban J connectivity index is 2.11. The molecule has 0 aliphatic heterocycles. The van der Waals surface area contributed by atoms with Crippen LogP contribution in [0.15, 0.2) is 47.4 Å². The Morgan fingerprint density at radius 3 is 2.46 bits per heavy atom. The number of methoxy groups -OCH3 is 1. The first kappa shape index (κ1) is 19.8. The summed E-state index contributed by atoms with van der Waals surface area (Å²) in [7, 11) is 1.59. The molecule has 0 aliphatic rings. The van der Waals surface area contributed by atoms with E-state index in [9.17, 15) is 14.7 Å². The van der Waals surface area contributed by atoms with E-state index in [1.54, 1.807) is 18.9 Å². The number of carboxylic acids is 1. The van der Waals surface area contributed by atoms with Gasteiger partial charge in [-0.15, -0.1) is 11.8 Å². The van der Waals surface area contributed by atoms with Gasteiger partial charge in [-0.3, -0.25) is 9.59 Å². The van der Waals surface area contributed by atoms with E-state index in [4.69, 9.17) is 4.74 Å². The molecule has 0 aliphatic carbocycles. The largest absolute Gasteiger partial charge is 0.496 e. The molecule has 0 spiro atoms. The zero-order valence-corrected chi connectivity index (χ0v) is 15.9. The lowest BCUT2D eigenvalue weighted by Gasteiger charge is -2.18. The molecule has 0 heterocycles. The van der Waals surface area contributed by atoms with Crippen molar-refractivity contribution in [1.29, 1.82) is 0 Å². The number of rotatable bonds is 8. The molecule has 138 valence electrons. The molecule has 0 saturated carbocycles. The van der Waals surface area contributed by atoms with Gasteiger partial charge in [-0.25, -0.2) is 0 Å². The molecule has 0 radical (unpaired) electrons. The lowest BCUT2D eigenvalue weighted by Crippen LogP contribution is -2.31. The summed E-state index contributed by atoms with van der Waals surface area (Å²) in [4.78, 5) is 24.7. The Bertz CT molecular complexity index is 774. The molecule has 1 atom stereocenters. The molecular weight excluding hydrogens is 350 g/mol. The summed E-state index contributed by atoms with van der Waals surface area (Å²) in [5, 5.41) is 12.0. The van der Waals surface area contributed by atoms with Crippen LogP contribution in [0.3, 0.4) is 0 Å². The topological polar surface area (TPSA) is 75.6 Å². The van der Waals surface area contributed by atoms with Gasteiger partial charge in [-0.05, 0) is 48.1 Å². The number of nitrogens with one attached hydrogen (secondary N) is 1. The highest BCUT2D eigenvalue weighted by molar-refractivity contribution is 7.98. The predicted octanol–water partition coefficient (Wildman–Crippen LogP) is 3.60. The van der Waals surface area contributed by atoms with Crippen molar-refractivity contribution in [2.75, 3.05) is 13.4 Å². The summed E-state index contributed by atoms with van der Waals surface area (Å²) in [6.45, 7) is 1.93. The summed E-state index contributed by atoms with van der Waals surface area (Å²) in [5.41, 5.74) is 2.59. The first-order valence-electron chi connectivity index (χ1n) is 8.21. The zero-order valence-electron chi connectivity index (χ0n) is 15.1. The van der Waals surface area contributed by atoms with Gasteiger partial charge in [0.05, 0.1) is 26.0 Å². The molecule has 2 aromatic rings. The highest BCUT2D eigenvalue weighted by atomic mass is 32.2. The summed E-state index contributed by atoms with van der Waals surface area (Å²) in [5.74, 6) is -0.456. The van der Waals surface area contributed by atoms with E-state index in [1.165, 1.54) is 0 Å². The molecular formula is C20H23NO4S. The predicted molar refractivity (Wildman–Crippen MR) is 103 cm³/mol. The number of ether oxygens (including phenoxy) is 1. The van der Waals surface area contributed by atoms with Crippen LogP contribution < -0.4 is 10.1 Å². The molecule has 2 N–H and O–H groups in total. The number of carboxylic acid groups (broad SMARTS) is 1. The molecule has 5 nitrogen and oxygen atoms in total. The van der Waals surface area contributed by atoms with E-state index in [1.807, 2.05) is 55.6 Å². The Hall–Kier alpha value is -2.47. The molecule has 2 aromatic carbocycles. The highest BCUT2D eigenvalue weighted by Crippen LogP contribution is 2.22. The molecule has 26 heavy (non-hydrogen) atoms. The van der Waals surface area contributed by atoms with Crippen LogP contribution in [0.25, 0.3) is 0 Å². The molecule has 2 rings (SSSR count). The SMILES string of the molecule is COc1cc(CC(=O)NC(CC(=O)O)c2ccc(SC)cc2)ccc1C. The first-order chi connectivity index (χ1) is 12.4. The Labute approximate surface area is 157 Å². The Morgan fingerprint density at radius 1 is 1.19 bits per heavy atom. The van der Waals surface area contributed by atoms with Crippen molar-refractivity contribution in [1.82, 2.24) is 5.32 Å². The van der Waals surface area contributed by atoms with Crippen LogP contribution >= 0.6 is 11.8 Å². The van der Waals surface area contributed by atoms with Gasteiger partial charge < -0.3 is 15.2 Å². The maximum absolute atomic E-state index is 12.4. The monoisotopic (exact) mass is 373 g/mol. The van der Waals surface area contributed by atoms with Crippen molar-refractivity contribution in [3.05, 3.63) is 59.2 Å². The standard InChI is InChI=1S/C20H23NO4S/c1-13-4-5-14(10-18(13)25-2)11-19(22)21-17(12-20(23)24)15-6-8-16(26-3)9-7-15/h4-10,17H,11-12H2,1-3H3,(H,21,22)(H,23,24). The molecule has 0 fully saturated rings. The van der Waals surface area contributed by atoms with Gasteiger partial charge in [-0.1, -0.05) is 24.3 Å². The van der Waals surface area contributed by atoms with Crippen molar-refractivity contribution in [2.45, 2.75) is 30.7 Å². The lowest BCUT2D eigenvalue weighted by molar-refractivity contribution is -0.137. The van der Waals surface area contributed by atoms with Gasteiger partial charge in [0.2, 0.25) is 5.91 Å². The van der Waals surface area contributed by atoms with E-state index in [0.29, 0.717) is 0 Å². The summed E-state index contributed by atoms with van der Waals surface area (Å²) in [6.07, 6.45) is 1.97. The van der Waals surface area contributed by atoms with Gasteiger partial charge in [0, 0.05) is 4.90 Å². The van der Waals surface area contributed by atoms with Crippen molar-refractivity contribution in [3.63, 3.8) is 0 Å². The van der Waals surface area contributed by atoms with E-state index < -0.39 is 12.0 Å². The fraction of sp³-hybridized carbons (Fsp3) is 0.300. The molecule has 6 heteroatoms. The maximum Gasteiger partial charge on any atom is 0.305 e. The van der Waals surface area contributed by atoms with Gasteiger partial charge >= 0.3 is 5.97 Å². The third-order valence-corrected chi connectivity index (χ3v) is 4.81. The summed E-state index contributed by atoms with van der Waals surface area (Å²) in [6, 6.07) is 12.6. The van der Waals surface area contributed by atoms with Gasteiger partial charge in [0.25, 0.3) is 0 Å². The summed E-state index contributed by atoms with van der Waals surface area (Å²) < 4.78 is 5.28. The van der Waals surface area contributed by atoms with Crippen LogP contribution in [0, 0.1) is 6.92 Å². The number of hydrogen-bond acceptors (Lipinski definition) is 4. The molecule has 0 bridgehead atoms. The summed E-state index contributed by atoms with van der Waals surface area (Å²) >= 11 is 1.61. The van der Waals surface area contributed by atoms with Crippen molar-refractivity contribution < 1.29 is 19.4 Å². The molecule has 0 aromatic heterocycles. The smallest absolute Gasteiger partial charge is 0.305 e. The van der Waals surface area contributed by atoms with Crippen LogP contribution in [0.5, 0.6) is 5.75 Å². The number of hydrogen-bond donors (Lipinski definition) is 2. The lowest BCUT2D eigenvalue weighted by atomic mass is 10.0. The number of aryl methyl sites for hydroxylation is 1. The van der Waals surface area contributed by atoms with Crippen LogP contribution in [0.4, 0.5) is 0 Å². The molecule has 1 unspecified atom stereocenters. The minimum atomic E-state index is -0.957. The Morgan fingerprint density at radius 2 is 1.88 bits per heavy atom. The number of carbonyl (C=O) groups excluding carboxylic acids is 1. The maximum atomic E-state index is 12.4. The number of benzene rings is 2. The van der Waals surface area contributed by atoms with Crippen LogP contribution in [-0.4, -0.2) is 30.3 Å². The average molecular weight is 373 g/mol. The fourth-order valence-corrected chi connectivity index (χ4v) is 3.08. The number of aliphatic carboxylic acids is 1. The molecule has 0 saturated heterocycles. The second-order valence-electron chi connectivity index (χ2n) is 5.97. The van der Waals surface area contributed by atoms with E-state index >= 15 is 0 Å². The third-order valence-electron chi connectivity index (χ3n) is 4.07. The van der Waals surface area contributed by atoms with Crippen LogP contribution in [0.2, 0.25) is 0 Å². The normalized spacial score (nSPS) is 11.7.